The van der Waals surface area contributed by atoms with E-state index in [0.29, 0.717) is 0 Å². The van der Waals surface area contributed by atoms with E-state index in [9.17, 15) is 9.59 Å². The number of carboxylic acid groups (broad SMARTS) is 1. The fourth-order valence-electron chi connectivity index (χ4n) is 0.410. The number of hydrogen-bond donors (Lipinski definition) is 4. The first-order valence-electron chi connectivity index (χ1n) is 3.14. The Morgan fingerprint density at radius 1 is 1.58 bits per heavy atom. The molecule has 0 spiro atoms. The van der Waals surface area contributed by atoms with Crippen LogP contribution < -0.4 is 11.1 Å². The monoisotopic (exact) mass is 174 g/mol. The third-order valence-corrected chi connectivity index (χ3v) is 0.983. The molecule has 1 unspecified atom stereocenters. The number of aliphatic hydroxyl groups excluding tert-OH is 1. The largest absolute Gasteiger partial charge is 0.478 e. The van der Waals surface area contributed by atoms with Crippen LogP contribution in [0.15, 0.2) is 12.3 Å². The van der Waals surface area contributed by atoms with Crippen LogP contribution in [0, 0.1) is 0 Å². The van der Waals surface area contributed by atoms with Crippen molar-refractivity contribution in [3.05, 3.63) is 12.3 Å². The molecule has 0 heterocycles. The van der Waals surface area contributed by atoms with E-state index in [1.807, 2.05) is 0 Å². The molecule has 0 rings (SSSR count). The highest BCUT2D eigenvalue weighted by atomic mass is 16.4. The number of primary amides is 1. The molecule has 0 bridgehead atoms. The Balaban J connectivity index is 3.56. The van der Waals surface area contributed by atoms with E-state index in [1.54, 1.807) is 0 Å². The molecule has 1 atom stereocenters. The number of carbonyl (C=O) groups is 2. The van der Waals surface area contributed by atoms with Crippen LogP contribution >= 0.6 is 0 Å². The van der Waals surface area contributed by atoms with Crippen LogP contribution in [0.3, 0.4) is 0 Å². The summed E-state index contributed by atoms with van der Waals surface area (Å²) >= 11 is 0. The molecule has 0 aromatic carbocycles. The van der Waals surface area contributed by atoms with Crippen molar-refractivity contribution in [2.24, 2.45) is 5.73 Å². The van der Waals surface area contributed by atoms with Gasteiger partial charge in [0.15, 0.2) is 0 Å². The number of carbonyl (C=O) groups excluding carboxylic acids is 1. The molecule has 12 heavy (non-hydrogen) atoms. The van der Waals surface area contributed by atoms with E-state index in [-0.39, 0.29) is 6.54 Å². The predicted molar refractivity (Wildman–Crippen MR) is 40.0 cm³/mol. The van der Waals surface area contributed by atoms with Gasteiger partial charge in [-0.1, -0.05) is 0 Å². The lowest BCUT2D eigenvalue weighted by molar-refractivity contribution is -0.131. The number of aliphatic carboxylic acids is 1. The minimum absolute atomic E-state index is 0.0981. The summed E-state index contributed by atoms with van der Waals surface area (Å²) in [5.74, 6) is -1.97. The van der Waals surface area contributed by atoms with Gasteiger partial charge >= 0.3 is 5.97 Å². The van der Waals surface area contributed by atoms with Gasteiger partial charge in [0.25, 0.3) is 0 Å². The van der Waals surface area contributed by atoms with Gasteiger partial charge in [0.2, 0.25) is 5.91 Å². The van der Waals surface area contributed by atoms with E-state index in [0.717, 1.165) is 12.3 Å². The maximum atomic E-state index is 10.2. The van der Waals surface area contributed by atoms with Crippen molar-refractivity contribution in [3.63, 3.8) is 0 Å². The van der Waals surface area contributed by atoms with Gasteiger partial charge in [0.05, 0.1) is 0 Å². The van der Waals surface area contributed by atoms with Crippen molar-refractivity contribution in [3.8, 4) is 0 Å². The summed E-state index contributed by atoms with van der Waals surface area (Å²) in [6, 6.07) is 0. The van der Waals surface area contributed by atoms with E-state index < -0.39 is 18.0 Å². The van der Waals surface area contributed by atoms with Gasteiger partial charge in [-0.05, 0) is 0 Å². The molecule has 0 aliphatic rings. The van der Waals surface area contributed by atoms with Crippen LogP contribution in [-0.2, 0) is 9.59 Å². The van der Waals surface area contributed by atoms with Gasteiger partial charge in [0.1, 0.15) is 6.10 Å². The average molecular weight is 174 g/mol. The zero-order valence-electron chi connectivity index (χ0n) is 6.23. The van der Waals surface area contributed by atoms with E-state index in [2.05, 4.69) is 5.32 Å². The second kappa shape index (κ2) is 5.14. The molecule has 0 saturated carbocycles. The van der Waals surface area contributed by atoms with Crippen LogP contribution in [0.5, 0.6) is 0 Å². The van der Waals surface area contributed by atoms with Crippen molar-refractivity contribution >= 4 is 11.9 Å². The second-order valence-electron chi connectivity index (χ2n) is 2.00. The molecule has 0 radical (unpaired) electrons. The molecule has 6 nitrogen and oxygen atoms in total. The summed E-state index contributed by atoms with van der Waals surface area (Å²) in [6.45, 7) is -0.0981. The van der Waals surface area contributed by atoms with E-state index in [4.69, 9.17) is 15.9 Å². The number of amides is 1. The third kappa shape index (κ3) is 5.24. The summed E-state index contributed by atoms with van der Waals surface area (Å²) in [4.78, 5) is 20.1. The lowest BCUT2D eigenvalue weighted by atomic mass is 10.3. The summed E-state index contributed by atoms with van der Waals surface area (Å²) in [5, 5.41) is 19.3. The van der Waals surface area contributed by atoms with Gasteiger partial charge in [0, 0.05) is 18.8 Å². The first-order valence-corrected chi connectivity index (χ1v) is 3.14. The highest BCUT2D eigenvalue weighted by molar-refractivity contribution is 5.80. The Labute approximate surface area is 68.7 Å². The fraction of sp³-hybridized carbons (Fsp3) is 0.333. The van der Waals surface area contributed by atoms with Crippen molar-refractivity contribution in [1.29, 1.82) is 0 Å². The maximum Gasteiger partial charge on any atom is 0.329 e. The van der Waals surface area contributed by atoms with E-state index >= 15 is 0 Å². The minimum Gasteiger partial charge on any atom is -0.478 e. The van der Waals surface area contributed by atoms with Crippen molar-refractivity contribution in [2.75, 3.05) is 6.54 Å². The smallest absolute Gasteiger partial charge is 0.329 e. The lowest BCUT2D eigenvalue weighted by Crippen LogP contribution is -2.35. The first kappa shape index (κ1) is 10.4. The summed E-state index contributed by atoms with van der Waals surface area (Å²) < 4.78 is 0. The second-order valence-corrected chi connectivity index (χ2v) is 2.00. The molecule has 0 aliphatic carbocycles. The fourth-order valence-corrected chi connectivity index (χ4v) is 0.410. The topological polar surface area (TPSA) is 113 Å². The van der Waals surface area contributed by atoms with Gasteiger partial charge < -0.3 is 21.3 Å². The van der Waals surface area contributed by atoms with Crippen LogP contribution in [0.2, 0.25) is 0 Å². The molecule has 68 valence electrons. The number of nitrogens with two attached hydrogens (primary N) is 1. The lowest BCUT2D eigenvalue weighted by Gasteiger charge is -2.04. The number of rotatable bonds is 5. The highest BCUT2D eigenvalue weighted by Gasteiger charge is 2.07. The number of aliphatic hydroxyl groups is 1. The Morgan fingerprint density at radius 2 is 2.17 bits per heavy atom. The first-order chi connectivity index (χ1) is 5.54. The van der Waals surface area contributed by atoms with Crippen LogP contribution in [-0.4, -0.2) is 34.7 Å². The number of hydrogen-bond acceptors (Lipinski definition) is 4. The highest BCUT2D eigenvalue weighted by Crippen LogP contribution is 1.77. The van der Waals surface area contributed by atoms with Crippen LogP contribution in [0.1, 0.15) is 0 Å². The van der Waals surface area contributed by atoms with Crippen molar-refractivity contribution in [1.82, 2.24) is 5.32 Å². The summed E-state index contributed by atoms with van der Waals surface area (Å²) in [6.07, 6.45) is 0.644. The number of carboxylic acids is 1. The Kier molecular flexibility index (Phi) is 4.47. The molecule has 0 aliphatic heterocycles. The van der Waals surface area contributed by atoms with E-state index in [1.165, 1.54) is 0 Å². The molecule has 0 saturated heterocycles. The summed E-state index contributed by atoms with van der Waals surface area (Å²) in [5.41, 5.74) is 4.71. The molecular weight excluding hydrogens is 164 g/mol. The van der Waals surface area contributed by atoms with Crippen LogP contribution in [0.25, 0.3) is 0 Å². The molecule has 6 heteroatoms. The Morgan fingerprint density at radius 3 is 2.58 bits per heavy atom. The standard InChI is InChI=1S/C6H10N2O4/c7-6(12)4(9)3-8-2-1-5(10)11/h1-2,4,8-9H,3H2,(H2,7,12)(H,10,11)/b2-1+. The Hall–Kier alpha value is -1.56. The molecule has 1 amide bonds. The van der Waals surface area contributed by atoms with Gasteiger partial charge in [-0.3, -0.25) is 4.79 Å². The third-order valence-electron chi connectivity index (χ3n) is 0.983. The number of nitrogens with one attached hydrogen (secondary N) is 1. The van der Waals surface area contributed by atoms with Gasteiger partial charge in [-0.25, -0.2) is 4.79 Å². The SMILES string of the molecule is NC(=O)C(O)CN/C=C/C(=O)O. The van der Waals surface area contributed by atoms with Crippen LogP contribution in [0.4, 0.5) is 0 Å². The quantitative estimate of drug-likeness (QED) is 0.361. The normalized spacial score (nSPS) is 12.8. The average Bonchev–Trinajstić information content (AvgIpc) is 1.97. The summed E-state index contributed by atoms with van der Waals surface area (Å²) in [7, 11) is 0. The zero-order chi connectivity index (χ0) is 9.56. The van der Waals surface area contributed by atoms with Crippen molar-refractivity contribution < 1.29 is 19.8 Å². The minimum atomic E-state index is -1.30. The molecule has 0 aromatic heterocycles. The van der Waals surface area contributed by atoms with Crippen molar-refractivity contribution in [2.45, 2.75) is 6.10 Å². The molecular formula is C6H10N2O4. The zero-order valence-corrected chi connectivity index (χ0v) is 6.23. The molecule has 0 fully saturated rings. The van der Waals surface area contributed by atoms with Gasteiger partial charge in [-0.2, -0.15) is 0 Å². The maximum absolute atomic E-state index is 10.2. The Bertz CT molecular complexity index is 202. The molecule has 0 aromatic rings. The van der Waals surface area contributed by atoms with Gasteiger partial charge in [-0.15, -0.1) is 0 Å². The predicted octanol–water partition coefficient (Wildman–Crippen LogP) is -1.98. The molecule has 5 N–H and O–H groups in total.